The van der Waals surface area contributed by atoms with Crippen molar-refractivity contribution in [2.45, 2.75) is 6.18 Å². The van der Waals surface area contributed by atoms with Crippen LogP contribution in [0.2, 0.25) is 0 Å². The smallest absolute Gasteiger partial charge is 0.293 e. The lowest BCUT2D eigenvalue weighted by Gasteiger charge is -2.11. The summed E-state index contributed by atoms with van der Waals surface area (Å²) in [6.45, 7) is 0. The Balaban J connectivity index is 3.72. The molecule has 0 heterocycles. The molecule has 1 aromatic carbocycles. The van der Waals surface area contributed by atoms with Crippen LogP contribution >= 0.6 is 11.6 Å². The van der Waals surface area contributed by atoms with Gasteiger partial charge in [0.25, 0.3) is 5.69 Å². The van der Waals surface area contributed by atoms with Crippen LogP contribution in [-0.2, 0) is 6.18 Å². The average Bonchev–Trinajstić information content (AvgIpc) is 2.34. The molecule has 0 aromatic heterocycles. The maximum Gasteiger partial charge on any atom is 0.417 e. The summed E-state index contributed by atoms with van der Waals surface area (Å²) in [6.07, 6.45) is -4.99. The highest BCUT2D eigenvalue weighted by molar-refractivity contribution is 6.30. The molecule has 19 heavy (non-hydrogen) atoms. The van der Waals surface area contributed by atoms with Crippen LogP contribution in [-0.4, -0.2) is 16.6 Å². The predicted octanol–water partition coefficient (Wildman–Crippen LogP) is 2.91. The number of carbonyl (C=O) groups excluding carboxylic acids is 1. The zero-order chi connectivity index (χ0) is 14.8. The van der Waals surface area contributed by atoms with Gasteiger partial charge in [-0.05, 0) is 0 Å². The molecule has 0 radical (unpaired) electrons. The van der Waals surface area contributed by atoms with E-state index in [1.165, 1.54) is 6.07 Å². The summed E-state index contributed by atoms with van der Waals surface area (Å²) in [7, 11) is 0. The molecule has 0 aliphatic heterocycles. The van der Waals surface area contributed by atoms with Crippen LogP contribution in [0.25, 0.3) is 0 Å². The van der Waals surface area contributed by atoms with Crippen molar-refractivity contribution < 1.29 is 22.9 Å². The number of halogens is 4. The van der Waals surface area contributed by atoms with E-state index in [0.29, 0.717) is 6.07 Å². The SMILES string of the molecule is N#Cc1c(C(=O)CCl)cc([N+](=O)[O-])cc1C(F)(F)F. The number of nitrogens with zero attached hydrogens (tertiary/aromatic N) is 2. The zero-order valence-corrected chi connectivity index (χ0v) is 9.75. The number of rotatable bonds is 3. The molecule has 100 valence electrons. The molecule has 1 rings (SSSR count). The highest BCUT2D eigenvalue weighted by atomic mass is 35.5. The number of hydrogen-bond donors (Lipinski definition) is 0. The van der Waals surface area contributed by atoms with E-state index in [-0.39, 0.29) is 6.07 Å². The summed E-state index contributed by atoms with van der Waals surface area (Å²) in [5.74, 6) is -1.68. The van der Waals surface area contributed by atoms with E-state index >= 15 is 0 Å². The van der Waals surface area contributed by atoms with E-state index in [9.17, 15) is 28.1 Å². The number of hydrogen-bond acceptors (Lipinski definition) is 4. The third kappa shape index (κ3) is 3.00. The maximum atomic E-state index is 12.7. The molecule has 0 saturated carbocycles. The van der Waals surface area contributed by atoms with Crippen molar-refractivity contribution in [2.75, 3.05) is 5.88 Å². The van der Waals surface area contributed by atoms with Gasteiger partial charge in [-0.3, -0.25) is 14.9 Å². The first kappa shape index (κ1) is 14.9. The zero-order valence-electron chi connectivity index (χ0n) is 8.99. The highest BCUT2D eigenvalue weighted by Crippen LogP contribution is 2.36. The molecule has 0 saturated heterocycles. The van der Waals surface area contributed by atoms with Crippen molar-refractivity contribution in [3.63, 3.8) is 0 Å². The number of non-ortho nitro benzene ring substituents is 1. The lowest BCUT2D eigenvalue weighted by molar-refractivity contribution is -0.385. The molecule has 5 nitrogen and oxygen atoms in total. The third-order valence-electron chi connectivity index (χ3n) is 2.17. The monoisotopic (exact) mass is 292 g/mol. The molecule has 0 amide bonds. The highest BCUT2D eigenvalue weighted by Gasteiger charge is 2.37. The molecule has 0 spiro atoms. The van der Waals surface area contributed by atoms with Gasteiger partial charge in [0.15, 0.2) is 5.78 Å². The molecule has 0 aliphatic carbocycles. The van der Waals surface area contributed by atoms with Gasteiger partial charge in [0.2, 0.25) is 0 Å². The first-order chi connectivity index (χ1) is 8.72. The van der Waals surface area contributed by atoms with Crippen LogP contribution in [0.15, 0.2) is 12.1 Å². The number of nitro groups is 1. The fraction of sp³-hybridized carbons (Fsp3) is 0.200. The van der Waals surface area contributed by atoms with Crippen molar-refractivity contribution in [3.8, 4) is 6.07 Å². The van der Waals surface area contributed by atoms with Crippen LogP contribution < -0.4 is 0 Å². The summed E-state index contributed by atoms with van der Waals surface area (Å²) >= 11 is 5.20. The third-order valence-corrected chi connectivity index (χ3v) is 2.42. The second-order valence-electron chi connectivity index (χ2n) is 3.34. The van der Waals surface area contributed by atoms with E-state index in [0.717, 1.165) is 0 Å². The molecule has 0 unspecified atom stereocenters. The number of nitro benzene ring substituents is 1. The van der Waals surface area contributed by atoms with Crippen molar-refractivity contribution in [1.29, 1.82) is 5.26 Å². The normalized spacial score (nSPS) is 10.9. The molecule has 0 atom stereocenters. The largest absolute Gasteiger partial charge is 0.417 e. The van der Waals surface area contributed by atoms with Crippen molar-refractivity contribution in [2.24, 2.45) is 0 Å². The van der Waals surface area contributed by atoms with Gasteiger partial charge in [-0.25, -0.2) is 0 Å². The van der Waals surface area contributed by atoms with Crippen LogP contribution in [0, 0.1) is 21.4 Å². The molecular formula is C10H4ClF3N2O3. The second kappa shape index (κ2) is 5.24. The Hall–Kier alpha value is -2.14. The van der Waals surface area contributed by atoms with Gasteiger partial charge in [0.1, 0.15) is 6.07 Å². The molecule has 0 bridgehead atoms. The van der Waals surface area contributed by atoms with E-state index in [1.54, 1.807) is 0 Å². The minimum atomic E-state index is -4.99. The van der Waals surface area contributed by atoms with Crippen LogP contribution in [0.3, 0.4) is 0 Å². The van der Waals surface area contributed by atoms with Crippen LogP contribution in [0.1, 0.15) is 21.5 Å². The van der Waals surface area contributed by atoms with Gasteiger partial charge < -0.3 is 0 Å². The molecule has 0 aliphatic rings. The summed E-state index contributed by atoms with van der Waals surface area (Å²) in [6, 6.07) is 2.05. The molecular weight excluding hydrogens is 289 g/mol. The Bertz CT molecular complexity index is 593. The number of carbonyl (C=O) groups is 1. The minimum Gasteiger partial charge on any atom is -0.293 e. The number of ketones is 1. The second-order valence-corrected chi connectivity index (χ2v) is 3.61. The topological polar surface area (TPSA) is 84.0 Å². The summed E-state index contributed by atoms with van der Waals surface area (Å²) in [4.78, 5) is 20.8. The van der Waals surface area contributed by atoms with Gasteiger partial charge >= 0.3 is 6.18 Å². The number of alkyl halides is 4. The molecule has 0 N–H and O–H groups in total. The first-order valence-corrected chi connectivity index (χ1v) is 5.14. The van der Waals surface area contributed by atoms with Gasteiger partial charge in [-0.15, -0.1) is 11.6 Å². The average molecular weight is 293 g/mol. The predicted molar refractivity (Wildman–Crippen MR) is 57.9 cm³/mol. The number of nitriles is 1. The Morgan fingerprint density at radius 3 is 2.42 bits per heavy atom. The van der Waals surface area contributed by atoms with Crippen molar-refractivity contribution in [3.05, 3.63) is 38.9 Å². The Labute approximate surface area is 109 Å². The van der Waals surface area contributed by atoms with E-state index in [4.69, 9.17) is 16.9 Å². The number of benzene rings is 1. The maximum absolute atomic E-state index is 12.7. The number of Topliss-reactive ketones (excluding diaryl/α,β-unsaturated/α-hetero) is 1. The molecule has 0 fully saturated rings. The minimum absolute atomic E-state index is 0.212. The van der Waals surface area contributed by atoms with E-state index < -0.39 is 45.1 Å². The van der Waals surface area contributed by atoms with E-state index in [1.807, 2.05) is 0 Å². The molecule has 9 heteroatoms. The molecule has 1 aromatic rings. The summed E-state index contributed by atoms with van der Waals surface area (Å²) < 4.78 is 38.1. The van der Waals surface area contributed by atoms with Gasteiger partial charge in [0, 0.05) is 17.7 Å². The Morgan fingerprint density at radius 1 is 1.47 bits per heavy atom. The fourth-order valence-corrected chi connectivity index (χ4v) is 1.51. The Kier molecular flexibility index (Phi) is 4.11. The van der Waals surface area contributed by atoms with Gasteiger partial charge in [-0.1, -0.05) is 0 Å². The Morgan fingerprint density at radius 2 is 2.05 bits per heavy atom. The van der Waals surface area contributed by atoms with E-state index in [2.05, 4.69) is 0 Å². The van der Waals surface area contributed by atoms with Crippen LogP contribution in [0.4, 0.5) is 18.9 Å². The van der Waals surface area contributed by atoms with Gasteiger partial charge in [0.05, 0.1) is 21.9 Å². The van der Waals surface area contributed by atoms with Gasteiger partial charge in [-0.2, -0.15) is 18.4 Å². The first-order valence-electron chi connectivity index (χ1n) is 4.61. The quantitative estimate of drug-likeness (QED) is 0.371. The summed E-state index contributed by atoms with van der Waals surface area (Å²) in [5.41, 5.74) is -4.14. The standard InChI is InChI=1S/C10H4ClF3N2O3/c11-3-9(17)6-1-5(16(18)19)2-8(7(6)4-15)10(12,13)14/h1-2H,3H2. The summed E-state index contributed by atoms with van der Waals surface area (Å²) in [5, 5.41) is 19.3. The lowest BCUT2D eigenvalue weighted by Crippen LogP contribution is -2.14. The van der Waals surface area contributed by atoms with Crippen LogP contribution in [0.5, 0.6) is 0 Å². The van der Waals surface area contributed by atoms with Crippen molar-refractivity contribution >= 4 is 23.1 Å². The van der Waals surface area contributed by atoms with Crippen molar-refractivity contribution in [1.82, 2.24) is 0 Å². The lowest BCUT2D eigenvalue weighted by atomic mass is 9.98. The fourth-order valence-electron chi connectivity index (χ4n) is 1.37.